The highest BCUT2D eigenvalue weighted by molar-refractivity contribution is 6.31. The second-order valence-corrected chi connectivity index (χ2v) is 8.66. The van der Waals surface area contributed by atoms with Crippen LogP contribution in [0.15, 0.2) is 42.5 Å². The largest absolute Gasteiger partial charge is 0.491 e. The minimum absolute atomic E-state index is 0.280. The van der Waals surface area contributed by atoms with Gasteiger partial charge in [0.05, 0.1) is 19.3 Å². The summed E-state index contributed by atoms with van der Waals surface area (Å²) in [7, 11) is 0. The first kappa shape index (κ1) is 25.9. The molecule has 5 unspecified atom stereocenters. The molecule has 0 aliphatic heterocycles. The van der Waals surface area contributed by atoms with Gasteiger partial charge in [0.1, 0.15) is 42.9 Å². The van der Waals surface area contributed by atoms with Crippen molar-refractivity contribution in [1.82, 2.24) is 0 Å². The molecule has 1 aliphatic carbocycles. The van der Waals surface area contributed by atoms with Crippen molar-refractivity contribution in [2.45, 2.75) is 55.9 Å². The van der Waals surface area contributed by atoms with Crippen LogP contribution < -0.4 is 4.74 Å². The highest BCUT2D eigenvalue weighted by Gasteiger charge is 2.34. The van der Waals surface area contributed by atoms with Crippen molar-refractivity contribution in [2.24, 2.45) is 0 Å². The lowest BCUT2D eigenvalue weighted by Gasteiger charge is -2.28. The summed E-state index contributed by atoms with van der Waals surface area (Å²) in [5.74, 6) is 0.731. The van der Waals surface area contributed by atoms with Gasteiger partial charge in [0, 0.05) is 5.02 Å². The lowest BCUT2D eigenvalue weighted by atomic mass is 9.93. The van der Waals surface area contributed by atoms with E-state index in [2.05, 4.69) is 0 Å². The second-order valence-electron chi connectivity index (χ2n) is 8.26. The van der Waals surface area contributed by atoms with E-state index in [4.69, 9.17) is 26.2 Å². The number of aliphatic hydroxyl groups excluding tert-OH is 6. The summed E-state index contributed by atoms with van der Waals surface area (Å²) >= 11 is 6.32. The van der Waals surface area contributed by atoms with Crippen LogP contribution >= 0.6 is 11.6 Å². The van der Waals surface area contributed by atoms with Crippen molar-refractivity contribution < 1.29 is 40.1 Å². The Morgan fingerprint density at radius 1 is 0.879 bits per heavy atom. The Balaban J connectivity index is 1.60. The normalized spacial score (nSPS) is 18.4. The van der Waals surface area contributed by atoms with E-state index in [-0.39, 0.29) is 5.56 Å². The zero-order valence-electron chi connectivity index (χ0n) is 18.1. The first-order chi connectivity index (χ1) is 15.8. The van der Waals surface area contributed by atoms with Crippen molar-refractivity contribution in [1.29, 1.82) is 0 Å². The molecule has 3 rings (SSSR count). The summed E-state index contributed by atoms with van der Waals surface area (Å²) < 4.78 is 11.2. The Morgan fingerprint density at radius 3 is 2.21 bits per heavy atom. The summed E-state index contributed by atoms with van der Waals surface area (Å²) in [6.45, 7) is 0.248. The van der Waals surface area contributed by atoms with Gasteiger partial charge in [-0.25, -0.2) is 0 Å². The molecule has 0 amide bonds. The predicted octanol–water partition coefficient (Wildman–Crippen LogP) is 0.958. The molecule has 0 bridgehead atoms. The van der Waals surface area contributed by atoms with Crippen LogP contribution in [0.2, 0.25) is 5.02 Å². The van der Waals surface area contributed by atoms with Gasteiger partial charge in [-0.05, 0) is 54.2 Å². The molecule has 5 atom stereocenters. The minimum atomic E-state index is -1.87. The topological polar surface area (TPSA) is 140 Å². The predicted molar refractivity (Wildman–Crippen MR) is 121 cm³/mol. The molecule has 0 spiro atoms. The molecule has 1 saturated carbocycles. The number of halogens is 1. The van der Waals surface area contributed by atoms with E-state index in [1.165, 1.54) is 6.07 Å². The smallest absolute Gasteiger partial charge is 0.119 e. The van der Waals surface area contributed by atoms with E-state index in [0.29, 0.717) is 36.3 Å². The molecule has 2 aromatic carbocycles. The number of hydrogen-bond acceptors (Lipinski definition) is 8. The number of benzene rings is 2. The molecule has 182 valence electrons. The Kier molecular flexibility index (Phi) is 9.48. The van der Waals surface area contributed by atoms with Crippen LogP contribution in [0.1, 0.15) is 35.6 Å². The molecule has 8 nitrogen and oxygen atoms in total. The molecule has 33 heavy (non-hydrogen) atoms. The maximum atomic E-state index is 10.5. The first-order valence-electron chi connectivity index (χ1n) is 10.9. The highest BCUT2D eigenvalue weighted by Crippen LogP contribution is 2.28. The third kappa shape index (κ3) is 7.37. The van der Waals surface area contributed by atoms with Crippen LogP contribution in [0.3, 0.4) is 0 Å². The summed E-state index contributed by atoms with van der Waals surface area (Å²) in [6.07, 6.45) is -5.59. The standard InChI is InChI=1S/C24H31ClO8/c25-19-8-3-15(21(28)23(30)24(31)22(29)20(27)13-26)12-16(19)11-14-1-4-17(5-2-14)32-9-10-33-18-6-7-18/h1-5,8,12,18,20-24,26-31H,6-7,9-11,13H2. The lowest BCUT2D eigenvalue weighted by Crippen LogP contribution is -2.47. The fourth-order valence-electron chi connectivity index (χ4n) is 3.37. The van der Waals surface area contributed by atoms with E-state index >= 15 is 0 Å². The number of aliphatic hydroxyl groups is 6. The zero-order valence-corrected chi connectivity index (χ0v) is 18.9. The van der Waals surface area contributed by atoms with Crippen molar-refractivity contribution in [2.75, 3.05) is 19.8 Å². The van der Waals surface area contributed by atoms with Crippen LogP contribution in [0.4, 0.5) is 0 Å². The number of ether oxygens (including phenoxy) is 2. The molecule has 9 heteroatoms. The van der Waals surface area contributed by atoms with E-state index in [1.54, 1.807) is 12.1 Å². The first-order valence-corrected chi connectivity index (χ1v) is 11.3. The van der Waals surface area contributed by atoms with Gasteiger partial charge in [-0.3, -0.25) is 0 Å². The van der Waals surface area contributed by atoms with Gasteiger partial charge >= 0.3 is 0 Å². The summed E-state index contributed by atoms with van der Waals surface area (Å²) in [5.41, 5.74) is 1.92. The molecule has 1 aliphatic rings. The fraction of sp³-hybridized carbons (Fsp3) is 0.500. The monoisotopic (exact) mass is 482 g/mol. The molecule has 0 saturated heterocycles. The average molecular weight is 483 g/mol. The van der Waals surface area contributed by atoms with E-state index in [0.717, 1.165) is 24.2 Å². The molecule has 0 heterocycles. The van der Waals surface area contributed by atoms with Gasteiger partial charge in [0.25, 0.3) is 0 Å². The maximum absolute atomic E-state index is 10.5. The Morgan fingerprint density at radius 2 is 1.58 bits per heavy atom. The van der Waals surface area contributed by atoms with Gasteiger partial charge in [-0.1, -0.05) is 35.9 Å². The Hall–Kier alpha value is -1.75. The van der Waals surface area contributed by atoms with Crippen molar-refractivity contribution in [3.63, 3.8) is 0 Å². The van der Waals surface area contributed by atoms with Crippen LogP contribution in [-0.4, -0.2) is 81.0 Å². The van der Waals surface area contributed by atoms with Crippen LogP contribution in [0.5, 0.6) is 5.75 Å². The molecule has 6 N–H and O–H groups in total. The summed E-state index contributed by atoms with van der Waals surface area (Å²) in [4.78, 5) is 0. The maximum Gasteiger partial charge on any atom is 0.119 e. The van der Waals surface area contributed by atoms with Crippen molar-refractivity contribution in [3.05, 3.63) is 64.2 Å². The summed E-state index contributed by atoms with van der Waals surface area (Å²) in [6, 6.07) is 12.2. The van der Waals surface area contributed by atoms with E-state index in [1.807, 2.05) is 24.3 Å². The lowest BCUT2D eigenvalue weighted by molar-refractivity contribution is -0.141. The third-order valence-corrected chi connectivity index (χ3v) is 5.93. The van der Waals surface area contributed by atoms with Crippen LogP contribution in [0, 0.1) is 0 Å². The highest BCUT2D eigenvalue weighted by atomic mass is 35.5. The molecule has 0 radical (unpaired) electrons. The third-order valence-electron chi connectivity index (χ3n) is 5.56. The summed E-state index contributed by atoms with van der Waals surface area (Å²) in [5, 5.41) is 59.4. The van der Waals surface area contributed by atoms with Gasteiger partial charge in [-0.2, -0.15) is 0 Å². The SMILES string of the molecule is OCC(O)C(O)C(O)C(O)C(O)c1ccc(Cl)c(Cc2ccc(OCCOC3CC3)cc2)c1. The molecule has 0 aromatic heterocycles. The number of rotatable bonds is 13. The zero-order chi connectivity index (χ0) is 24.0. The quantitative estimate of drug-likeness (QED) is 0.232. The van der Waals surface area contributed by atoms with Crippen LogP contribution in [0.25, 0.3) is 0 Å². The van der Waals surface area contributed by atoms with Gasteiger partial charge < -0.3 is 40.1 Å². The average Bonchev–Trinajstić information content (AvgIpc) is 3.66. The number of hydrogen-bond donors (Lipinski definition) is 6. The minimum Gasteiger partial charge on any atom is -0.491 e. The van der Waals surface area contributed by atoms with Gasteiger partial charge in [-0.15, -0.1) is 0 Å². The molecule has 1 fully saturated rings. The molecular formula is C24H31ClO8. The van der Waals surface area contributed by atoms with Gasteiger partial charge in [0.15, 0.2) is 0 Å². The van der Waals surface area contributed by atoms with Crippen molar-refractivity contribution in [3.8, 4) is 5.75 Å². The van der Waals surface area contributed by atoms with Crippen molar-refractivity contribution >= 4 is 11.6 Å². The Bertz CT molecular complexity index is 873. The van der Waals surface area contributed by atoms with Gasteiger partial charge in [0.2, 0.25) is 0 Å². The molecule has 2 aromatic rings. The second kappa shape index (κ2) is 12.1. The van der Waals surface area contributed by atoms with E-state index < -0.39 is 37.1 Å². The Labute approximate surface area is 197 Å². The van der Waals surface area contributed by atoms with Crippen LogP contribution in [-0.2, 0) is 11.2 Å². The fourth-order valence-corrected chi connectivity index (χ4v) is 3.55. The molecular weight excluding hydrogens is 452 g/mol. The van der Waals surface area contributed by atoms with E-state index in [9.17, 15) is 25.5 Å².